The number of methoxy groups -OCH3 is 2. The monoisotopic (exact) mass is 454 g/mol. The van der Waals surface area contributed by atoms with Crippen molar-refractivity contribution in [2.24, 2.45) is 0 Å². The van der Waals surface area contributed by atoms with E-state index in [9.17, 15) is 31.1 Å². The molecule has 0 aromatic carbocycles. The molecule has 0 saturated heterocycles. The van der Waals surface area contributed by atoms with Gasteiger partial charge in [0.2, 0.25) is 0 Å². The summed E-state index contributed by atoms with van der Waals surface area (Å²) in [6.45, 7) is 0. The highest BCUT2D eigenvalue weighted by molar-refractivity contribution is 5.78. The number of rotatable bonds is 16. The van der Waals surface area contributed by atoms with Crippen molar-refractivity contribution in [3.8, 4) is 0 Å². The second-order valence-electron chi connectivity index (χ2n) is 7.26. The van der Waals surface area contributed by atoms with Crippen LogP contribution in [0.5, 0.6) is 0 Å². The second-order valence-corrected chi connectivity index (χ2v) is 7.26. The second kappa shape index (κ2) is 14.2. The first kappa shape index (κ1) is 29.1. The summed E-state index contributed by atoms with van der Waals surface area (Å²) < 4.78 is 84.1. The predicted molar refractivity (Wildman–Crippen MR) is 96.9 cm³/mol. The number of unbranched alkanes of at least 4 members (excludes halogenated alkanes) is 4. The summed E-state index contributed by atoms with van der Waals surface area (Å²) in [4.78, 5) is 11.8. The van der Waals surface area contributed by atoms with Gasteiger partial charge in [-0.3, -0.25) is 4.79 Å². The Kier molecular flexibility index (Phi) is 13.8. The van der Waals surface area contributed by atoms with Gasteiger partial charge in [-0.25, -0.2) is 0 Å². The van der Waals surface area contributed by atoms with Gasteiger partial charge in [0, 0.05) is 27.1 Å². The fourth-order valence-corrected chi connectivity index (χ4v) is 3.04. The summed E-state index contributed by atoms with van der Waals surface area (Å²) >= 11 is 0. The van der Waals surface area contributed by atoms with Gasteiger partial charge in [-0.1, -0.05) is 25.7 Å². The molecule has 0 fully saturated rings. The van der Waals surface area contributed by atoms with Crippen molar-refractivity contribution >= 4 is 5.78 Å². The molecule has 0 aliphatic rings. The molecule has 0 heterocycles. The smallest absolute Gasteiger partial charge is 0.381 e. The van der Waals surface area contributed by atoms with E-state index in [1.165, 1.54) is 0 Å². The summed E-state index contributed by atoms with van der Waals surface area (Å²) in [5.74, 6) is -0.0211. The van der Waals surface area contributed by atoms with Crippen molar-refractivity contribution in [2.75, 3.05) is 14.2 Å². The maximum atomic E-state index is 12.5. The predicted octanol–water partition coefficient (Wildman–Crippen LogP) is 4.33. The zero-order valence-electron chi connectivity index (χ0n) is 17.3. The van der Waals surface area contributed by atoms with Crippen LogP contribution in [0.4, 0.5) is 26.3 Å². The summed E-state index contributed by atoms with van der Waals surface area (Å²) in [7, 11) is 2.20. The van der Waals surface area contributed by atoms with Gasteiger partial charge >= 0.3 is 12.4 Å². The molecule has 0 amide bonds. The molecule has 4 unspecified atom stereocenters. The Balaban J connectivity index is 3.89. The Labute approximate surface area is 172 Å². The van der Waals surface area contributed by atoms with E-state index in [-0.39, 0.29) is 31.5 Å². The minimum absolute atomic E-state index is 0.0211. The van der Waals surface area contributed by atoms with Crippen LogP contribution in [0.2, 0.25) is 0 Å². The van der Waals surface area contributed by atoms with Crippen molar-refractivity contribution in [3.63, 3.8) is 0 Å². The summed E-state index contributed by atoms with van der Waals surface area (Å²) in [5, 5.41) is 18.3. The minimum atomic E-state index is -4.75. The lowest BCUT2D eigenvalue weighted by atomic mass is 10.0. The summed E-state index contributed by atoms with van der Waals surface area (Å²) in [6, 6.07) is 0. The molecule has 2 N–H and O–H groups in total. The third-order valence-electron chi connectivity index (χ3n) is 4.87. The number of hydrogen-bond acceptors (Lipinski definition) is 5. The minimum Gasteiger partial charge on any atom is -0.381 e. The van der Waals surface area contributed by atoms with Crippen molar-refractivity contribution < 1.29 is 50.8 Å². The van der Waals surface area contributed by atoms with Crippen LogP contribution in [0, 0.1) is 0 Å². The fourth-order valence-electron chi connectivity index (χ4n) is 3.04. The molecule has 5 nitrogen and oxygen atoms in total. The number of Topliss-reactive ketones (excluding diaryl/α,β-unsaturated/α-hetero) is 1. The van der Waals surface area contributed by atoms with Gasteiger partial charge in [-0.2, -0.15) is 26.3 Å². The molecular weight excluding hydrogens is 422 g/mol. The lowest BCUT2D eigenvalue weighted by molar-refractivity contribution is -0.234. The molecule has 4 atom stereocenters. The third-order valence-corrected chi connectivity index (χ3v) is 4.87. The van der Waals surface area contributed by atoms with Gasteiger partial charge in [-0.05, 0) is 25.7 Å². The molecule has 0 aromatic heterocycles. The molecule has 30 heavy (non-hydrogen) atoms. The third kappa shape index (κ3) is 12.1. The fraction of sp³-hybridized carbons (Fsp3) is 0.947. The first-order valence-corrected chi connectivity index (χ1v) is 9.91. The van der Waals surface area contributed by atoms with E-state index >= 15 is 0 Å². The van der Waals surface area contributed by atoms with Crippen molar-refractivity contribution in [2.45, 2.75) is 101 Å². The van der Waals surface area contributed by atoms with E-state index in [2.05, 4.69) is 9.47 Å². The lowest BCUT2D eigenvalue weighted by Gasteiger charge is -2.23. The van der Waals surface area contributed by atoms with Crippen molar-refractivity contribution in [3.05, 3.63) is 0 Å². The van der Waals surface area contributed by atoms with E-state index in [1.54, 1.807) is 0 Å². The van der Waals surface area contributed by atoms with Gasteiger partial charge in [0.1, 0.15) is 5.78 Å². The number of halogens is 6. The molecular formula is C19H32F6O5. The van der Waals surface area contributed by atoms with Crippen LogP contribution in [-0.4, -0.2) is 67.0 Å². The molecule has 0 bridgehead atoms. The van der Waals surface area contributed by atoms with E-state index < -0.39 is 36.8 Å². The topological polar surface area (TPSA) is 76.0 Å². The first-order valence-electron chi connectivity index (χ1n) is 9.91. The molecule has 0 aliphatic carbocycles. The van der Waals surface area contributed by atoms with E-state index in [0.717, 1.165) is 14.2 Å². The average molecular weight is 454 g/mol. The van der Waals surface area contributed by atoms with E-state index in [0.29, 0.717) is 38.5 Å². The van der Waals surface area contributed by atoms with Crippen LogP contribution >= 0.6 is 0 Å². The summed E-state index contributed by atoms with van der Waals surface area (Å²) in [6.07, 6.45) is -13.9. The number of ketones is 1. The molecule has 0 radical (unpaired) electrons. The zero-order chi connectivity index (χ0) is 23.4. The number of ether oxygens (including phenoxy) is 2. The van der Waals surface area contributed by atoms with Gasteiger partial charge in [0.25, 0.3) is 0 Å². The highest BCUT2D eigenvalue weighted by atomic mass is 19.4. The Morgan fingerprint density at radius 2 is 1.03 bits per heavy atom. The standard InChI is InChI=1S/C19H32F6O5/c1-29-14(16(27)18(20,21)22)11-7-3-5-9-13(26)10-6-4-8-12-15(30-2)17(28)19(23,24)25/h14-17,27-28H,3-12H2,1-2H3. The van der Waals surface area contributed by atoms with Crippen LogP contribution in [-0.2, 0) is 14.3 Å². The number of carbonyl (C=O) groups excluding carboxylic acids is 1. The highest BCUT2D eigenvalue weighted by Gasteiger charge is 2.44. The number of aliphatic hydroxyl groups is 2. The van der Waals surface area contributed by atoms with Crippen molar-refractivity contribution in [1.29, 1.82) is 0 Å². The first-order chi connectivity index (χ1) is 13.8. The number of aliphatic hydroxyl groups excluding tert-OH is 2. The number of hydrogen-bond donors (Lipinski definition) is 2. The van der Waals surface area contributed by atoms with Crippen LogP contribution in [0.1, 0.15) is 64.2 Å². The lowest BCUT2D eigenvalue weighted by Crippen LogP contribution is -2.40. The maximum absolute atomic E-state index is 12.5. The Morgan fingerprint density at radius 1 is 0.700 bits per heavy atom. The van der Waals surface area contributed by atoms with Gasteiger partial charge in [0.15, 0.2) is 12.2 Å². The van der Waals surface area contributed by atoms with Crippen molar-refractivity contribution in [1.82, 2.24) is 0 Å². The van der Waals surface area contributed by atoms with Crippen LogP contribution in [0.3, 0.4) is 0 Å². The normalized spacial score (nSPS) is 16.9. The number of alkyl halides is 6. The summed E-state index contributed by atoms with van der Waals surface area (Å²) in [5.41, 5.74) is 0. The average Bonchev–Trinajstić information content (AvgIpc) is 2.65. The molecule has 0 rings (SSSR count). The highest BCUT2D eigenvalue weighted by Crippen LogP contribution is 2.27. The Morgan fingerprint density at radius 3 is 1.30 bits per heavy atom. The van der Waals surface area contributed by atoms with Crippen LogP contribution in [0.25, 0.3) is 0 Å². The zero-order valence-corrected chi connectivity index (χ0v) is 17.3. The Bertz CT molecular complexity index is 429. The van der Waals surface area contributed by atoms with Crippen LogP contribution < -0.4 is 0 Å². The van der Waals surface area contributed by atoms with E-state index in [1.807, 2.05) is 0 Å². The molecule has 0 aliphatic heterocycles. The van der Waals surface area contributed by atoms with Gasteiger partial charge < -0.3 is 19.7 Å². The van der Waals surface area contributed by atoms with Gasteiger partial charge in [-0.15, -0.1) is 0 Å². The van der Waals surface area contributed by atoms with Crippen LogP contribution in [0.15, 0.2) is 0 Å². The Hall–Kier alpha value is -0.910. The largest absolute Gasteiger partial charge is 0.416 e. The van der Waals surface area contributed by atoms with E-state index in [4.69, 9.17) is 10.2 Å². The van der Waals surface area contributed by atoms with Gasteiger partial charge in [0.05, 0.1) is 12.2 Å². The SMILES string of the molecule is COC(CCCCCC(=O)CCCCCC(OC)C(O)C(F)(F)F)C(O)C(F)(F)F. The molecule has 11 heteroatoms. The number of carbonyl (C=O) groups is 1. The quantitative estimate of drug-likeness (QED) is 0.268. The molecule has 0 saturated carbocycles. The molecule has 180 valence electrons. The maximum Gasteiger partial charge on any atom is 0.416 e. The molecule has 0 spiro atoms. The molecule has 0 aromatic rings.